The summed E-state index contributed by atoms with van der Waals surface area (Å²) in [6.07, 6.45) is 16.1. The highest BCUT2D eigenvalue weighted by Gasteiger charge is 2.39. The van der Waals surface area contributed by atoms with E-state index in [4.69, 9.17) is 0 Å². The second kappa shape index (κ2) is 5.42. The Labute approximate surface area is 132 Å². The lowest BCUT2D eigenvalue weighted by Gasteiger charge is -2.44. The van der Waals surface area contributed by atoms with Crippen LogP contribution in [-0.4, -0.2) is 9.55 Å². The van der Waals surface area contributed by atoms with E-state index in [2.05, 4.69) is 46.9 Å². The summed E-state index contributed by atoms with van der Waals surface area (Å²) < 4.78 is 2.20. The minimum Gasteiger partial charge on any atom is -0.333 e. The van der Waals surface area contributed by atoms with E-state index in [1.807, 2.05) is 12.5 Å². The standard InChI is InChI=1S/C20H24N2/c1-2-8-20-9-4-7-17-5-3-6-18(19(17)20)12-16(13-20)14-22-11-10-21-15-22/h3,5-6,10-12,15H,2,4,7-9,13-14H2,1H3. The number of allylic oxidation sites excluding steroid dienone is 1. The van der Waals surface area contributed by atoms with Crippen LogP contribution in [0, 0.1) is 0 Å². The van der Waals surface area contributed by atoms with Crippen LogP contribution in [0.3, 0.4) is 0 Å². The van der Waals surface area contributed by atoms with Gasteiger partial charge >= 0.3 is 0 Å². The van der Waals surface area contributed by atoms with E-state index in [-0.39, 0.29) is 0 Å². The molecule has 1 aromatic carbocycles. The van der Waals surface area contributed by atoms with E-state index in [1.165, 1.54) is 44.1 Å². The first kappa shape index (κ1) is 13.8. The van der Waals surface area contributed by atoms with Gasteiger partial charge in [-0.2, -0.15) is 0 Å². The molecule has 4 rings (SSSR count). The van der Waals surface area contributed by atoms with E-state index >= 15 is 0 Å². The van der Waals surface area contributed by atoms with Gasteiger partial charge in [0, 0.05) is 18.9 Å². The molecule has 0 spiro atoms. The van der Waals surface area contributed by atoms with Gasteiger partial charge in [-0.15, -0.1) is 0 Å². The highest BCUT2D eigenvalue weighted by molar-refractivity contribution is 5.65. The van der Waals surface area contributed by atoms with Gasteiger partial charge in [-0.25, -0.2) is 4.98 Å². The minimum atomic E-state index is 0.392. The van der Waals surface area contributed by atoms with Gasteiger partial charge in [0.2, 0.25) is 0 Å². The third-order valence-electron chi connectivity index (χ3n) is 5.41. The van der Waals surface area contributed by atoms with Crippen molar-refractivity contribution in [2.75, 3.05) is 0 Å². The molecule has 0 saturated carbocycles. The smallest absolute Gasteiger partial charge is 0.0948 e. The molecule has 0 radical (unpaired) electrons. The zero-order chi connectivity index (χ0) is 15.0. The van der Waals surface area contributed by atoms with Crippen molar-refractivity contribution in [1.29, 1.82) is 0 Å². The molecular formula is C20H24N2. The maximum Gasteiger partial charge on any atom is 0.0948 e. The lowest BCUT2D eigenvalue weighted by molar-refractivity contribution is 0.319. The Hall–Kier alpha value is -1.83. The van der Waals surface area contributed by atoms with Gasteiger partial charge in [0.05, 0.1) is 6.33 Å². The maximum absolute atomic E-state index is 4.19. The first-order valence-electron chi connectivity index (χ1n) is 8.58. The van der Waals surface area contributed by atoms with Gasteiger partial charge in [-0.3, -0.25) is 0 Å². The Morgan fingerprint density at radius 1 is 1.32 bits per heavy atom. The molecule has 2 aliphatic carbocycles. The number of imidazole rings is 1. The zero-order valence-corrected chi connectivity index (χ0v) is 13.4. The van der Waals surface area contributed by atoms with Crippen molar-refractivity contribution < 1.29 is 0 Å². The summed E-state index contributed by atoms with van der Waals surface area (Å²) in [7, 11) is 0. The molecule has 114 valence electrons. The van der Waals surface area contributed by atoms with Crippen LogP contribution < -0.4 is 0 Å². The molecule has 2 aliphatic rings. The Morgan fingerprint density at radius 3 is 3.09 bits per heavy atom. The van der Waals surface area contributed by atoms with Crippen molar-refractivity contribution >= 4 is 6.08 Å². The number of aromatic nitrogens is 2. The topological polar surface area (TPSA) is 17.8 Å². The summed E-state index contributed by atoms with van der Waals surface area (Å²) in [6, 6.07) is 6.92. The van der Waals surface area contributed by atoms with Crippen LogP contribution in [0.15, 0.2) is 42.5 Å². The van der Waals surface area contributed by atoms with E-state index in [1.54, 1.807) is 16.7 Å². The van der Waals surface area contributed by atoms with Crippen LogP contribution >= 0.6 is 0 Å². The van der Waals surface area contributed by atoms with Gasteiger partial charge in [0.15, 0.2) is 0 Å². The summed E-state index contributed by atoms with van der Waals surface area (Å²) in [6.45, 7) is 3.31. The van der Waals surface area contributed by atoms with Gasteiger partial charge in [0.25, 0.3) is 0 Å². The van der Waals surface area contributed by atoms with Crippen molar-refractivity contribution in [2.24, 2.45) is 0 Å². The molecule has 1 atom stereocenters. The third-order valence-corrected chi connectivity index (χ3v) is 5.41. The molecule has 0 amide bonds. The van der Waals surface area contributed by atoms with Gasteiger partial charge in [-0.1, -0.05) is 37.6 Å². The second-order valence-electron chi connectivity index (χ2n) is 6.98. The zero-order valence-electron chi connectivity index (χ0n) is 13.4. The molecule has 22 heavy (non-hydrogen) atoms. The lowest BCUT2D eigenvalue weighted by Crippen LogP contribution is -2.35. The van der Waals surface area contributed by atoms with Crippen molar-refractivity contribution in [1.82, 2.24) is 9.55 Å². The van der Waals surface area contributed by atoms with Gasteiger partial charge < -0.3 is 4.57 Å². The van der Waals surface area contributed by atoms with Crippen molar-refractivity contribution in [3.05, 3.63) is 59.2 Å². The summed E-state index contributed by atoms with van der Waals surface area (Å²) in [5.41, 5.74) is 6.71. The first-order chi connectivity index (χ1) is 10.8. The Morgan fingerprint density at radius 2 is 2.27 bits per heavy atom. The molecule has 0 saturated heterocycles. The quantitative estimate of drug-likeness (QED) is 0.795. The Bertz CT molecular complexity index is 697. The molecule has 1 heterocycles. The molecule has 1 unspecified atom stereocenters. The SMILES string of the molecule is CCCC12CCCc3cccc(c31)C=C(Cn1ccnc1)C2. The van der Waals surface area contributed by atoms with E-state index < -0.39 is 0 Å². The summed E-state index contributed by atoms with van der Waals surface area (Å²) in [4.78, 5) is 4.19. The Kier molecular flexibility index (Phi) is 3.40. The van der Waals surface area contributed by atoms with Crippen LogP contribution in [0.5, 0.6) is 0 Å². The largest absolute Gasteiger partial charge is 0.333 e. The van der Waals surface area contributed by atoms with Crippen molar-refractivity contribution in [2.45, 2.75) is 57.4 Å². The van der Waals surface area contributed by atoms with E-state index in [0.29, 0.717) is 5.41 Å². The Balaban J connectivity index is 1.79. The number of hydrogen-bond acceptors (Lipinski definition) is 1. The normalized spacial score (nSPS) is 23.0. The fourth-order valence-electron chi connectivity index (χ4n) is 4.75. The van der Waals surface area contributed by atoms with E-state index in [0.717, 1.165) is 6.54 Å². The van der Waals surface area contributed by atoms with Crippen molar-refractivity contribution in [3.63, 3.8) is 0 Å². The molecular weight excluding hydrogens is 268 g/mol. The fraction of sp³-hybridized carbons (Fsp3) is 0.450. The molecule has 0 bridgehead atoms. The molecule has 2 heteroatoms. The second-order valence-corrected chi connectivity index (χ2v) is 6.98. The predicted molar refractivity (Wildman–Crippen MR) is 90.8 cm³/mol. The van der Waals surface area contributed by atoms with E-state index in [9.17, 15) is 0 Å². The molecule has 2 aromatic rings. The number of hydrogen-bond donors (Lipinski definition) is 0. The summed E-state index contributed by atoms with van der Waals surface area (Å²) >= 11 is 0. The number of benzene rings is 1. The predicted octanol–water partition coefficient (Wildman–Crippen LogP) is 4.74. The lowest BCUT2D eigenvalue weighted by atomic mass is 9.61. The minimum absolute atomic E-state index is 0.392. The first-order valence-corrected chi connectivity index (χ1v) is 8.58. The molecule has 2 nitrogen and oxygen atoms in total. The van der Waals surface area contributed by atoms with Crippen LogP contribution in [0.1, 0.15) is 55.7 Å². The van der Waals surface area contributed by atoms with Gasteiger partial charge in [0.1, 0.15) is 0 Å². The van der Waals surface area contributed by atoms with Crippen LogP contribution in [-0.2, 0) is 18.4 Å². The van der Waals surface area contributed by atoms with Crippen LogP contribution in [0.4, 0.5) is 0 Å². The highest BCUT2D eigenvalue weighted by atomic mass is 15.0. The van der Waals surface area contributed by atoms with Crippen molar-refractivity contribution in [3.8, 4) is 0 Å². The molecule has 0 N–H and O–H groups in total. The fourth-order valence-corrected chi connectivity index (χ4v) is 4.75. The van der Waals surface area contributed by atoms with Gasteiger partial charge in [-0.05, 0) is 59.8 Å². The summed E-state index contributed by atoms with van der Waals surface area (Å²) in [5, 5.41) is 0. The van der Waals surface area contributed by atoms with Crippen LogP contribution in [0.25, 0.3) is 6.08 Å². The van der Waals surface area contributed by atoms with Crippen LogP contribution in [0.2, 0.25) is 0 Å². The summed E-state index contributed by atoms with van der Waals surface area (Å²) in [5.74, 6) is 0. The third kappa shape index (κ3) is 2.22. The highest BCUT2D eigenvalue weighted by Crippen LogP contribution is 2.50. The molecule has 0 fully saturated rings. The maximum atomic E-state index is 4.19. The monoisotopic (exact) mass is 292 g/mol. The number of nitrogens with zero attached hydrogens (tertiary/aromatic N) is 2. The molecule has 1 aromatic heterocycles. The number of rotatable bonds is 4. The average molecular weight is 292 g/mol. The number of aryl methyl sites for hydroxylation is 1. The molecule has 0 aliphatic heterocycles. The average Bonchev–Trinajstić information content (AvgIpc) is 3.00.